The Morgan fingerprint density at radius 1 is 1.22 bits per heavy atom. The number of carbonyl (C=O) groups excluding carboxylic acids is 2. The highest BCUT2D eigenvalue weighted by Gasteiger charge is 2.23. The molecule has 3 amide bonds. The van der Waals surface area contributed by atoms with Crippen LogP contribution in [0.5, 0.6) is 5.75 Å². The maximum atomic E-state index is 11.9. The largest absolute Gasteiger partial charge is 0.479 e. The zero-order valence-electron chi connectivity index (χ0n) is 12.6. The fraction of sp³-hybridized carbons (Fsp3) is 0.176. The van der Waals surface area contributed by atoms with Crippen LogP contribution in [0.2, 0.25) is 0 Å². The molecule has 2 aromatic carbocycles. The monoisotopic (exact) mass is 311 g/mol. The average Bonchev–Trinajstić information content (AvgIpc) is 2.55. The quantitative estimate of drug-likeness (QED) is 0.815. The number of rotatable bonds is 3. The molecule has 6 nitrogen and oxygen atoms in total. The Hall–Kier alpha value is -3.02. The van der Waals surface area contributed by atoms with Crippen molar-refractivity contribution in [2.75, 3.05) is 10.6 Å². The molecule has 1 aliphatic rings. The molecule has 0 unspecified atom stereocenters. The Labute approximate surface area is 133 Å². The normalized spacial score (nSPS) is 15.9. The van der Waals surface area contributed by atoms with Gasteiger partial charge in [0.15, 0.2) is 6.10 Å². The van der Waals surface area contributed by atoms with Crippen molar-refractivity contribution in [3.05, 3.63) is 54.1 Å². The molecule has 0 aliphatic carbocycles. The van der Waals surface area contributed by atoms with Gasteiger partial charge in [0.2, 0.25) is 0 Å². The number of ether oxygens (including phenoxy) is 1. The van der Waals surface area contributed by atoms with Crippen LogP contribution >= 0.6 is 0 Å². The average molecular weight is 311 g/mol. The lowest BCUT2D eigenvalue weighted by Crippen LogP contribution is -2.34. The second-order valence-electron chi connectivity index (χ2n) is 5.25. The lowest BCUT2D eigenvalue weighted by atomic mass is 10.2. The second kappa shape index (κ2) is 6.39. The molecule has 1 atom stereocenters. The van der Waals surface area contributed by atoms with Gasteiger partial charge in [0, 0.05) is 12.2 Å². The van der Waals surface area contributed by atoms with E-state index < -0.39 is 6.10 Å². The van der Waals surface area contributed by atoms with Gasteiger partial charge in [-0.2, -0.15) is 0 Å². The molecule has 23 heavy (non-hydrogen) atoms. The van der Waals surface area contributed by atoms with Crippen molar-refractivity contribution >= 4 is 23.3 Å². The predicted molar refractivity (Wildman–Crippen MR) is 87.5 cm³/mol. The smallest absolute Gasteiger partial charge is 0.319 e. The molecule has 1 heterocycles. The molecule has 3 N–H and O–H groups in total. The van der Waals surface area contributed by atoms with Crippen LogP contribution in [0.3, 0.4) is 0 Å². The summed E-state index contributed by atoms with van der Waals surface area (Å²) in [6.07, 6.45) is -0.518. The molecule has 1 aliphatic heterocycles. The maximum absolute atomic E-state index is 11.9. The van der Waals surface area contributed by atoms with Crippen LogP contribution in [-0.4, -0.2) is 18.0 Å². The zero-order chi connectivity index (χ0) is 16.2. The topological polar surface area (TPSA) is 79.5 Å². The van der Waals surface area contributed by atoms with Gasteiger partial charge in [0.05, 0.1) is 5.69 Å². The third kappa shape index (κ3) is 3.60. The van der Waals surface area contributed by atoms with Crippen LogP contribution in [-0.2, 0) is 11.3 Å². The summed E-state index contributed by atoms with van der Waals surface area (Å²) in [7, 11) is 0. The van der Waals surface area contributed by atoms with Gasteiger partial charge in [0.25, 0.3) is 5.91 Å². The summed E-state index contributed by atoms with van der Waals surface area (Å²) in [6, 6.07) is 14.4. The molecule has 0 aromatic heterocycles. The van der Waals surface area contributed by atoms with Crippen LogP contribution in [0.1, 0.15) is 12.5 Å². The molecular weight excluding hydrogens is 294 g/mol. The lowest BCUT2D eigenvalue weighted by molar-refractivity contribution is -0.122. The van der Waals surface area contributed by atoms with E-state index in [9.17, 15) is 9.59 Å². The second-order valence-corrected chi connectivity index (χ2v) is 5.25. The van der Waals surface area contributed by atoms with Gasteiger partial charge in [-0.3, -0.25) is 4.79 Å². The Bertz CT molecular complexity index is 731. The van der Waals surface area contributed by atoms with Crippen LogP contribution in [0.4, 0.5) is 16.2 Å². The summed E-state index contributed by atoms with van der Waals surface area (Å²) in [5.74, 6) is 0.385. The number of anilines is 2. The van der Waals surface area contributed by atoms with Crippen molar-refractivity contribution in [3.63, 3.8) is 0 Å². The van der Waals surface area contributed by atoms with Gasteiger partial charge < -0.3 is 20.7 Å². The van der Waals surface area contributed by atoms with E-state index in [1.165, 1.54) is 0 Å². The number of hydrogen-bond acceptors (Lipinski definition) is 3. The first-order chi connectivity index (χ1) is 11.1. The Morgan fingerprint density at radius 2 is 2.00 bits per heavy atom. The van der Waals surface area contributed by atoms with Crippen LogP contribution in [0.25, 0.3) is 0 Å². The Kier molecular flexibility index (Phi) is 4.14. The number of nitrogens with one attached hydrogen (secondary N) is 3. The molecule has 118 valence electrons. The minimum atomic E-state index is -0.518. The van der Waals surface area contributed by atoms with E-state index in [2.05, 4.69) is 16.0 Å². The molecule has 2 aromatic rings. The number of carbonyl (C=O) groups is 2. The van der Waals surface area contributed by atoms with Crippen molar-refractivity contribution in [1.29, 1.82) is 0 Å². The van der Waals surface area contributed by atoms with Crippen LogP contribution in [0.15, 0.2) is 48.5 Å². The molecular formula is C17H17N3O3. The highest BCUT2D eigenvalue weighted by atomic mass is 16.5. The molecule has 0 spiro atoms. The number of benzene rings is 2. The van der Waals surface area contributed by atoms with E-state index in [1.54, 1.807) is 25.1 Å². The SMILES string of the molecule is C[C@@H]1Oc2ccc(NC(=O)NCc3ccccc3)cc2NC1=O. The first kappa shape index (κ1) is 14.9. The van der Waals surface area contributed by atoms with E-state index in [4.69, 9.17) is 4.74 Å². The molecule has 6 heteroatoms. The minimum absolute atomic E-state index is 0.205. The van der Waals surface area contributed by atoms with Gasteiger partial charge >= 0.3 is 6.03 Å². The fourth-order valence-electron chi connectivity index (χ4n) is 2.24. The van der Waals surface area contributed by atoms with E-state index >= 15 is 0 Å². The van der Waals surface area contributed by atoms with Gasteiger partial charge in [-0.15, -0.1) is 0 Å². The third-order valence-corrected chi connectivity index (χ3v) is 3.46. The standard InChI is InChI=1S/C17H17N3O3/c1-11-16(21)20-14-9-13(7-8-15(14)23-11)19-17(22)18-10-12-5-3-2-4-6-12/h2-9,11H,10H2,1H3,(H,20,21)(H2,18,19,22)/t11-/m0/s1. The molecule has 0 bridgehead atoms. The number of fused-ring (bicyclic) bond motifs is 1. The first-order valence-corrected chi connectivity index (χ1v) is 7.32. The van der Waals surface area contributed by atoms with Gasteiger partial charge in [-0.05, 0) is 30.7 Å². The third-order valence-electron chi connectivity index (χ3n) is 3.46. The number of urea groups is 1. The molecule has 0 saturated carbocycles. The fourth-order valence-corrected chi connectivity index (χ4v) is 2.24. The van der Waals surface area contributed by atoms with E-state index in [0.717, 1.165) is 5.56 Å². The molecule has 0 saturated heterocycles. The van der Waals surface area contributed by atoms with E-state index in [0.29, 0.717) is 23.7 Å². The number of amides is 3. The highest BCUT2D eigenvalue weighted by molar-refractivity contribution is 5.99. The van der Waals surface area contributed by atoms with Gasteiger partial charge in [-0.25, -0.2) is 4.79 Å². The maximum Gasteiger partial charge on any atom is 0.319 e. The minimum Gasteiger partial charge on any atom is -0.479 e. The van der Waals surface area contributed by atoms with Crippen molar-refractivity contribution in [2.45, 2.75) is 19.6 Å². The summed E-state index contributed by atoms with van der Waals surface area (Å²) >= 11 is 0. The van der Waals surface area contributed by atoms with Crippen molar-refractivity contribution in [2.24, 2.45) is 0 Å². The highest BCUT2D eigenvalue weighted by Crippen LogP contribution is 2.32. The molecule has 3 rings (SSSR count). The summed E-state index contributed by atoms with van der Waals surface area (Å²) < 4.78 is 5.47. The van der Waals surface area contributed by atoms with Crippen molar-refractivity contribution in [1.82, 2.24) is 5.32 Å². The van der Waals surface area contributed by atoms with Gasteiger partial charge in [0.1, 0.15) is 5.75 Å². The zero-order valence-corrected chi connectivity index (χ0v) is 12.6. The Morgan fingerprint density at radius 3 is 2.78 bits per heavy atom. The summed E-state index contributed by atoms with van der Waals surface area (Å²) in [5.41, 5.74) is 2.14. The van der Waals surface area contributed by atoms with Crippen LogP contribution in [0, 0.1) is 0 Å². The van der Waals surface area contributed by atoms with Gasteiger partial charge in [-0.1, -0.05) is 30.3 Å². The first-order valence-electron chi connectivity index (χ1n) is 7.32. The Balaban J connectivity index is 1.61. The predicted octanol–water partition coefficient (Wildman–Crippen LogP) is 2.73. The molecule has 0 radical (unpaired) electrons. The lowest BCUT2D eigenvalue weighted by Gasteiger charge is -2.23. The number of hydrogen-bond donors (Lipinski definition) is 3. The molecule has 0 fully saturated rings. The van der Waals surface area contributed by atoms with Crippen LogP contribution < -0.4 is 20.7 Å². The van der Waals surface area contributed by atoms with Crippen molar-refractivity contribution < 1.29 is 14.3 Å². The van der Waals surface area contributed by atoms with E-state index in [-0.39, 0.29) is 11.9 Å². The summed E-state index contributed by atoms with van der Waals surface area (Å²) in [5, 5.41) is 8.25. The van der Waals surface area contributed by atoms with E-state index in [1.807, 2.05) is 30.3 Å². The van der Waals surface area contributed by atoms with Crippen molar-refractivity contribution in [3.8, 4) is 5.75 Å². The summed E-state index contributed by atoms with van der Waals surface area (Å²) in [6.45, 7) is 2.12. The summed E-state index contributed by atoms with van der Waals surface area (Å²) in [4.78, 5) is 23.5.